The van der Waals surface area contributed by atoms with Crippen molar-refractivity contribution in [1.82, 2.24) is 4.31 Å². The molecule has 25 heavy (non-hydrogen) atoms. The molecule has 0 bridgehead atoms. The molecule has 1 heterocycles. The molecule has 1 aromatic carbocycles. The zero-order valence-corrected chi connectivity index (χ0v) is 16.2. The van der Waals surface area contributed by atoms with Gasteiger partial charge in [0.2, 0.25) is 10.0 Å². The summed E-state index contributed by atoms with van der Waals surface area (Å²) in [5.74, 6) is 0.956. The highest BCUT2D eigenvalue weighted by molar-refractivity contribution is 7.89. The van der Waals surface area contributed by atoms with Gasteiger partial charge in [0, 0.05) is 18.7 Å². The van der Waals surface area contributed by atoms with E-state index in [-0.39, 0.29) is 10.9 Å². The summed E-state index contributed by atoms with van der Waals surface area (Å²) in [6.45, 7) is 4.80. The maximum atomic E-state index is 13.2. The van der Waals surface area contributed by atoms with Crippen LogP contribution in [0.1, 0.15) is 46.0 Å². The maximum Gasteiger partial charge on any atom is 0.246 e. The smallest absolute Gasteiger partial charge is 0.246 e. The lowest BCUT2D eigenvalue weighted by atomic mass is 10.2. The Morgan fingerprint density at radius 3 is 2.52 bits per heavy atom. The van der Waals surface area contributed by atoms with Crippen LogP contribution >= 0.6 is 0 Å². The second kappa shape index (κ2) is 9.25. The summed E-state index contributed by atoms with van der Waals surface area (Å²) in [5, 5.41) is 0. The average Bonchev–Trinajstić information content (AvgIpc) is 2.58. The molecule has 1 aliphatic heterocycles. The number of hydrogen-bond donors (Lipinski definition) is 0. The van der Waals surface area contributed by atoms with Crippen LogP contribution in [0.4, 0.5) is 0 Å². The number of sulfonamides is 1. The van der Waals surface area contributed by atoms with Gasteiger partial charge in [0.1, 0.15) is 16.4 Å². The third-order valence-electron chi connectivity index (χ3n) is 4.25. The SMILES string of the molecule is COc1ccc2c(c1)OCCC/C=C\CCCCN(C(C)C)S2(=O)=O. The topological polar surface area (TPSA) is 55.8 Å². The molecule has 6 heteroatoms. The van der Waals surface area contributed by atoms with Gasteiger partial charge in [-0.25, -0.2) is 8.42 Å². The first kappa shape index (κ1) is 19.8. The van der Waals surface area contributed by atoms with Gasteiger partial charge in [0.25, 0.3) is 0 Å². The van der Waals surface area contributed by atoms with Crippen molar-refractivity contribution in [3.63, 3.8) is 0 Å². The van der Waals surface area contributed by atoms with Gasteiger partial charge < -0.3 is 9.47 Å². The van der Waals surface area contributed by atoms with Crippen molar-refractivity contribution in [3.05, 3.63) is 30.4 Å². The Hall–Kier alpha value is -1.53. The highest BCUT2D eigenvalue weighted by Gasteiger charge is 2.30. The summed E-state index contributed by atoms with van der Waals surface area (Å²) in [6.07, 6.45) is 8.96. The van der Waals surface area contributed by atoms with Gasteiger partial charge in [-0.2, -0.15) is 4.31 Å². The van der Waals surface area contributed by atoms with E-state index in [1.165, 1.54) is 0 Å². The van der Waals surface area contributed by atoms with Gasteiger partial charge in [-0.1, -0.05) is 12.2 Å². The molecule has 0 saturated carbocycles. The van der Waals surface area contributed by atoms with Crippen molar-refractivity contribution < 1.29 is 17.9 Å². The molecule has 0 radical (unpaired) electrons. The van der Waals surface area contributed by atoms with E-state index in [0.717, 1.165) is 32.1 Å². The highest BCUT2D eigenvalue weighted by Crippen LogP contribution is 2.32. The molecule has 0 saturated heterocycles. The highest BCUT2D eigenvalue weighted by atomic mass is 32.2. The Morgan fingerprint density at radius 2 is 1.84 bits per heavy atom. The summed E-state index contributed by atoms with van der Waals surface area (Å²) in [5.41, 5.74) is 0. The minimum Gasteiger partial charge on any atom is -0.497 e. The third kappa shape index (κ3) is 5.22. The molecule has 0 amide bonds. The number of benzene rings is 1. The Bertz CT molecular complexity index is 683. The maximum absolute atomic E-state index is 13.2. The van der Waals surface area contributed by atoms with Gasteiger partial charge in [-0.05, 0) is 58.1 Å². The lowest BCUT2D eigenvalue weighted by Gasteiger charge is -2.27. The molecule has 5 nitrogen and oxygen atoms in total. The number of rotatable bonds is 2. The molecule has 0 atom stereocenters. The zero-order valence-electron chi connectivity index (χ0n) is 15.4. The Labute approximate surface area is 151 Å². The van der Waals surface area contributed by atoms with Crippen LogP contribution in [0.2, 0.25) is 0 Å². The summed E-state index contributed by atoms with van der Waals surface area (Å²) >= 11 is 0. The summed E-state index contributed by atoms with van der Waals surface area (Å²) in [7, 11) is -2.06. The van der Waals surface area contributed by atoms with Gasteiger partial charge in [-0.3, -0.25) is 0 Å². The molecular weight excluding hydrogens is 338 g/mol. The Morgan fingerprint density at radius 1 is 1.12 bits per heavy atom. The minimum absolute atomic E-state index is 0.108. The summed E-state index contributed by atoms with van der Waals surface area (Å²) in [6, 6.07) is 4.81. The fraction of sp³-hybridized carbons (Fsp3) is 0.579. The number of nitrogens with zero attached hydrogens (tertiary/aromatic N) is 1. The molecule has 0 aliphatic carbocycles. The van der Waals surface area contributed by atoms with Crippen molar-refractivity contribution in [3.8, 4) is 11.5 Å². The molecule has 2 rings (SSSR count). The number of allylic oxidation sites excluding steroid dienone is 2. The third-order valence-corrected chi connectivity index (χ3v) is 6.37. The fourth-order valence-electron chi connectivity index (χ4n) is 2.87. The first-order valence-corrected chi connectivity index (χ1v) is 10.4. The van der Waals surface area contributed by atoms with E-state index in [4.69, 9.17) is 9.47 Å². The summed E-state index contributed by atoms with van der Waals surface area (Å²) in [4.78, 5) is 0.217. The Balaban J connectivity index is 2.42. The van der Waals surface area contributed by atoms with E-state index in [2.05, 4.69) is 12.2 Å². The normalized spacial score (nSPS) is 21.0. The van der Waals surface area contributed by atoms with Crippen LogP contribution in [0.15, 0.2) is 35.2 Å². The average molecular weight is 368 g/mol. The largest absolute Gasteiger partial charge is 0.497 e. The van der Waals surface area contributed by atoms with Gasteiger partial charge in [0.15, 0.2) is 0 Å². The minimum atomic E-state index is -3.62. The fourth-order valence-corrected chi connectivity index (χ4v) is 4.66. The lowest BCUT2D eigenvalue weighted by molar-refractivity contribution is 0.297. The Kier molecular flexibility index (Phi) is 7.32. The molecule has 140 valence electrons. The van der Waals surface area contributed by atoms with Crippen LogP contribution in [0.25, 0.3) is 0 Å². The predicted octanol–water partition coefficient (Wildman–Crippen LogP) is 3.99. The van der Waals surface area contributed by atoms with Crippen molar-refractivity contribution in [2.45, 2.75) is 56.9 Å². The van der Waals surface area contributed by atoms with E-state index in [1.807, 2.05) is 13.8 Å². The van der Waals surface area contributed by atoms with Gasteiger partial charge in [-0.15, -0.1) is 0 Å². The molecule has 0 N–H and O–H groups in total. The second-order valence-electron chi connectivity index (χ2n) is 6.48. The summed E-state index contributed by atoms with van der Waals surface area (Å²) < 4.78 is 39.1. The first-order chi connectivity index (χ1) is 12.0. The zero-order chi connectivity index (χ0) is 18.3. The van der Waals surface area contributed by atoms with Crippen LogP contribution in [0, 0.1) is 0 Å². The van der Waals surface area contributed by atoms with Gasteiger partial charge >= 0.3 is 0 Å². The van der Waals surface area contributed by atoms with Crippen LogP contribution in [-0.2, 0) is 10.0 Å². The number of hydrogen-bond acceptors (Lipinski definition) is 4. The van der Waals surface area contributed by atoms with E-state index in [9.17, 15) is 8.42 Å². The van der Waals surface area contributed by atoms with E-state index >= 15 is 0 Å². The lowest BCUT2D eigenvalue weighted by Crippen LogP contribution is -2.37. The molecule has 0 spiro atoms. The van der Waals surface area contributed by atoms with E-state index in [0.29, 0.717) is 24.7 Å². The van der Waals surface area contributed by atoms with Crippen LogP contribution in [0.5, 0.6) is 11.5 Å². The first-order valence-electron chi connectivity index (χ1n) is 8.94. The van der Waals surface area contributed by atoms with Crippen molar-refractivity contribution in [2.75, 3.05) is 20.3 Å². The van der Waals surface area contributed by atoms with E-state index < -0.39 is 10.0 Å². The molecule has 0 aromatic heterocycles. The molecule has 1 aliphatic rings. The number of fused-ring (bicyclic) bond motifs is 1. The van der Waals surface area contributed by atoms with Crippen molar-refractivity contribution >= 4 is 10.0 Å². The number of methoxy groups -OCH3 is 1. The van der Waals surface area contributed by atoms with Crippen LogP contribution in [0.3, 0.4) is 0 Å². The van der Waals surface area contributed by atoms with Crippen LogP contribution < -0.4 is 9.47 Å². The van der Waals surface area contributed by atoms with Crippen LogP contribution in [-0.4, -0.2) is 39.0 Å². The van der Waals surface area contributed by atoms with Gasteiger partial charge in [0.05, 0.1) is 13.7 Å². The molecular formula is C19H29NO4S. The molecule has 0 fully saturated rings. The monoisotopic (exact) mass is 367 g/mol. The quantitative estimate of drug-likeness (QED) is 0.742. The molecule has 0 unspecified atom stereocenters. The number of ether oxygens (including phenoxy) is 2. The predicted molar refractivity (Wildman–Crippen MR) is 99.7 cm³/mol. The van der Waals surface area contributed by atoms with E-state index in [1.54, 1.807) is 29.6 Å². The second-order valence-corrected chi connectivity index (χ2v) is 8.34. The van der Waals surface area contributed by atoms with Crippen molar-refractivity contribution in [1.29, 1.82) is 0 Å². The molecule has 1 aromatic rings. The van der Waals surface area contributed by atoms with Crippen molar-refractivity contribution in [2.24, 2.45) is 0 Å². The standard InChI is InChI=1S/C19H29NO4S/c1-16(2)20-13-9-7-5-4-6-8-10-14-24-18-15-17(23-3)11-12-19(18)25(20,21)22/h4,6,11-12,15-16H,5,7-10,13-14H2,1-3H3/b6-4-.